The zero-order valence-electron chi connectivity index (χ0n) is 21.8. The summed E-state index contributed by atoms with van der Waals surface area (Å²) in [5.74, 6) is 0.0655. The lowest BCUT2D eigenvalue weighted by atomic mass is 10.1. The molecular weight excluding hydrogens is 538 g/mol. The molecule has 0 bridgehead atoms. The Labute approximate surface area is 230 Å². The van der Waals surface area contributed by atoms with Gasteiger partial charge in [-0.05, 0) is 66.8 Å². The average molecular weight is 572 g/mol. The van der Waals surface area contributed by atoms with Crippen molar-refractivity contribution in [3.05, 3.63) is 90.0 Å². The largest absolute Gasteiger partial charge is 0.497 e. The summed E-state index contributed by atoms with van der Waals surface area (Å²) in [6.45, 7) is 0.955. The van der Waals surface area contributed by atoms with E-state index in [0.29, 0.717) is 30.8 Å². The molecule has 9 nitrogen and oxygen atoms in total. The van der Waals surface area contributed by atoms with E-state index in [1.54, 1.807) is 24.3 Å². The first kappa shape index (κ1) is 28.8. The van der Waals surface area contributed by atoms with Gasteiger partial charge in [-0.25, -0.2) is 16.8 Å². The van der Waals surface area contributed by atoms with Crippen LogP contribution >= 0.6 is 0 Å². The highest BCUT2D eigenvalue weighted by Gasteiger charge is 2.28. The normalized spacial score (nSPS) is 14.4. The number of nitrogens with zero attached hydrogens (tertiary/aromatic N) is 2. The molecule has 3 aromatic rings. The van der Waals surface area contributed by atoms with Gasteiger partial charge in [0.1, 0.15) is 5.75 Å². The van der Waals surface area contributed by atoms with Crippen LogP contribution in [0.5, 0.6) is 5.75 Å². The van der Waals surface area contributed by atoms with Gasteiger partial charge in [0.05, 0.1) is 23.4 Å². The number of amides is 1. The Bertz CT molecular complexity index is 1450. The highest BCUT2D eigenvalue weighted by atomic mass is 32.2. The Morgan fingerprint density at radius 1 is 0.846 bits per heavy atom. The van der Waals surface area contributed by atoms with E-state index < -0.39 is 26.0 Å². The molecule has 1 amide bonds. The number of sulfonamides is 2. The molecule has 1 saturated heterocycles. The zero-order valence-corrected chi connectivity index (χ0v) is 23.5. The van der Waals surface area contributed by atoms with Crippen LogP contribution in [0.2, 0.25) is 0 Å². The minimum Gasteiger partial charge on any atom is -0.497 e. The van der Waals surface area contributed by atoms with Crippen LogP contribution < -0.4 is 10.1 Å². The molecule has 1 heterocycles. The van der Waals surface area contributed by atoms with Gasteiger partial charge in [0.25, 0.3) is 0 Å². The molecule has 1 aliphatic rings. The number of ether oxygens (including phenoxy) is 1. The molecule has 11 heteroatoms. The Morgan fingerprint density at radius 3 is 2.08 bits per heavy atom. The highest BCUT2D eigenvalue weighted by Crippen LogP contribution is 2.22. The van der Waals surface area contributed by atoms with Crippen LogP contribution in [0, 0.1) is 0 Å². The molecule has 0 atom stereocenters. The number of carbonyl (C=O) groups excluding carboxylic acids is 1. The number of carbonyl (C=O) groups is 1. The van der Waals surface area contributed by atoms with Crippen molar-refractivity contribution in [1.82, 2.24) is 13.9 Å². The summed E-state index contributed by atoms with van der Waals surface area (Å²) in [4.78, 5) is 13.2. The van der Waals surface area contributed by atoms with Crippen LogP contribution in [0.15, 0.2) is 88.7 Å². The van der Waals surface area contributed by atoms with Crippen molar-refractivity contribution in [2.24, 2.45) is 0 Å². The molecule has 4 rings (SSSR count). The van der Waals surface area contributed by atoms with E-state index in [-0.39, 0.29) is 29.4 Å². The van der Waals surface area contributed by atoms with E-state index in [0.717, 1.165) is 18.4 Å². The van der Waals surface area contributed by atoms with Crippen molar-refractivity contribution in [2.75, 3.05) is 33.3 Å². The van der Waals surface area contributed by atoms with E-state index in [2.05, 4.69) is 5.32 Å². The molecule has 39 heavy (non-hydrogen) atoms. The number of hydrogen-bond acceptors (Lipinski definition) is 6. The molecule has 1 fully saturated rings. The van der Waals surface area contributed by atoms with E-state index in [9.17, 15) is 21.6 Å². The predicted octanol–water partition coefficient (Wildman–Crippen LogP) is 3.03. The summed E-state index contributed by atoms with van der Waals surface area (Å²) in [5.41, 5.74) is 1.66. The third-order valence-electron chi connectivity index (χ3n) is 6.63. The van der Waals surface area contributed by atoms with Gasteiger partial charge in [0.15, 0.2) is 0 Å². The van der Waals surface area contributed by atoms with Crippen LogP contribution in [-0.4, -0.2) is 64.6 Å². The zero-order chi connectivity index (χ0) is 27.9. The Morgan fingerprint density at radius 2 is 1.46 bits per heavy atom. The molecule has 208 valence electrons. The lowest BCUT2D eigenvalue weighted by molar-refractivity contribution is -0.121. The van der Waals surface area contributed by atoms with Crippen molar-refractivity contribution in [3.63, 3.8) is 0 Å². The number of methoxy groups -OCH3 is 1. The van der Waals surface area contributed by atoms with Crippen LogP contribution in [-0.2, 0) is 37.8 Å². The first-order chi connectivity index (χ1) is 18.7. The van der Waals surface area contributed by atoms with E-state index in [1.165, 1.54) is 40.0 Å². The molecule has 0 unspecified atom stereocenters. The molecule has 3 aromatic carbocycles. The standard InChI is InChI=1S/C28H33N3O6S2/c1-37-25-11-15-27(16-12-25)39(35,36)31(20-17-23-7-3-2-4-8-23)22-28(32)29-21-24-9-13-26(14-10-24)38(33,34)30-18-5-6-19-30/h2-4,7-16H,5-6,17-22H2,1H3,(H,29,32). The third kappa shape index (κ3) is 7.24. The van der Waals surface area contributed by atoms with Crippen molar-refractivity contribution in [2.45, 2.75) is 35.6 Å². The number of hydrogen-bond donors (Lipinski definition) is 1. The smallest absolute Gasteiger partial charge is 0.243 e. The molecule has 1 N–H and O–H groups in total. The first-order valence-corrected chi connectivity index (χ1v) is 15.6. The Hall–Kier alpha value is -3.25. The lowest BCUT2D eigenvalue weighted by Crippen LogP contribution is -2.41. The van der Waals surface area contributed by atoms with Crippen LogP contribution in [0.25, 0.3) is 0 Å². The topological polar surface area (TPSA) is 113 Å². The summed E-state index contributed by atoms with van der Waals surface area (Å²) >= 11 is 0. The maximum atomic E-state index is 13.4. The van der Waals surface area contributed by atoms with Gasteiger partial charge < -0.3 is 10.1 Å². The molecule has 0 spiro atoms. The highest BCUT2D eigenvalue weighted by molar-refractivity contribution is 7.89. The Balaban J connectivity index is 1.42. The second kappa shape index (κ2) is 12.7. The van der Waals surface area contributed by atoms with Crippen molar-refractivity contribution in [3.8, 4) is 5.75 Å². The summed E-state index contributed by atoms with van der Waals surface area (Å²) in [6.07, 6.45) is 2.16. The fourth-order valence-corrected chi connectivity index (χ4v) is 7.27. The van der Waals surface area contributed by atoms with Crippen molar-refractivity contribution in [1.29, 1.82) is 0 Å². The Kier molecular flexibility index (Phi) is 9.39. The minimum absolute atomic E-state index is 0.0685. The molecule has 1 aliphatic heterocycles. The molecular formula is C28H33N3O6S2. The number of nitrogens with one attached hydrogen (secondary N) is 1. The van der Waals surface area contributed by atoms with Gasteiger partial charge in [-0.1, -0.05) is 42.5 Å². The van der Waals surface area contributed by atoms with Crippen molar-refractivity contribution >= 4 is 26.0 Å². The fraction of sp³-hybridized carbons (Fsp3) is 0.321. The van der Waals surface area contributed by atoms with Gasteiger partial charge in [-0.3, -0.25) is 4.79 Å². The maximum Gasteiger partial charge on any atom is 0.243 e. The van der Waals surface area contributed by atoms with Gasteiger partial charge in [0, 0.05) is 26.2 Å². The minimum atomic E-state index is -3.96. The quantitative estimate of drug-likeness (QED) is 0.358. The van der Waals surface area contributed by atoms with E-state index >= 15 is 0 Å². The summed E-state index contributed by atoms with van der Waals surface area (Å²) in [6, 6.07) is 21.9. The first-order valence-electron chi connectivity index (χ1n) is 12.7. The van der Waals surface area contributed by atoms with Gasteiger partial charge in [-0.2, -0.15) is 8.61 Å². The van der Waals surface area contributed by atoms with Crippen molar-refractivity contribution < 1.29 is 26.4 Å². The second-order valence-electron chi connectivity index (χ2n) is 9.28. The van der Waals surface area contributed by atoms with Crippen LogP contribution in [0.1, 0.15) is 24.0 Å². The number of rotatable bonds is 12. The summed E-state index contributed by atoms with van der Waals surface area (Å²) in [7, 11) is -5.97. The van der Waals surface area contributed by atoms with Crippen LogP contribution in [0.4, 0.5) is 0 Å². The van der Waals surface area contributed by atoms with Gasteiger partial charge in [-0.15, -0.1) is 0 Å². The van der Waals surface area contributed by atoms with E-state index in [4.69, 9.17) is 4.74 Å². The summed E-state index contributed by atoms with van der Waals surface area (Å²) < 4.78 is 60.1. The molecule has 0 aromatic heterocycles. The summed E-state index contributed by atoms with van der Waals surface area (Å²) in [5, 5.41) is 2.76. The molecule has 0 saturated carbocycles. The monoisotopic (exact) mass is 571 g/mol. The average Bonchev–Trinajstić information content (AvgIpc) is 3.51. The molecule has 0 radical (unpaired) electrons. The predicted molar refractivity (Wildman–Crippen MR) is 148 cm³/mol. The SMILES string of the molecule is COc1ccc(S(=O)(=O)N(CCc2ccccc2)CC(=O)NCc2ccc(S(=O)(=O)N3CCCC3)cc2)cc1. The van der Waals surface area contributed by atoms with E-state index in [1.807, 2.05) is 30.3 Å². The van der Waals surface area contributed by atoms with Gasteiger partial charge in [0.2, 0.25) is 26.0 Å². The maximum absolute atomic E-state index is 13.4. The third-order valence-corrected chi connectivity index (χ3v) is 10.4. The fourth-order valence-electron chi connectivity index (χ4n) is 4.35. The van der Waals surface area contributed by atoms with Gasteiger partial charge >= 0.3 is 0 Å². The molecule has 0 aliphatic carbocycles. The second-order valence-corrected chi connectivity index (χ2v) is 13.2. The van der Waals surface area contributed by atoms with Crippen LogP contribution in [0.3, 0.4) is 0 Å². The number of benzene rings is 3. The lowest BCUT2D eigenvalue weighted by Gasteiger charge is -2.22.